The van der Waals surface area contributed by atoms with Gasteiger partial charge in [-0.15, -0.1) is 11.3 Å². The summed E-state index contributed by atoms with van der Waals surface area (Å²) in [5, 5.41) is 6.68. The number of hydrogen-bond acceptors (Lipinski definition) is 4. The molecular weight excluding hydrogens is 194 g/mol. The van der Waals surface area contributed by atoms with Gasteiger partial charge in [0.05, 0.1) is 5.69 Å². The highest BCUT2D eigenvalue weighted by Crippen LogP contribution is 2.31. The quantitative estimate of drug-likeness (QED) is 0.796. The molecule has 1 aromatic rings. The smallest absolute Gasteiger partial charge is 0.106 e. The number of rotatable bonds is 4. The number of nitrogens with zero attached hydrogens (tertiary/aromatic N) is 1. The lowest BCUT2D eigenvalue weighted by atomic mass is 9.78. The summed E-state index contributed by atoms with van der Waals surface area (Å²) >= 11 is 1.65. The first kappa shape index (κ1) is 10.1. The molecule has 4 heteroatoms. The Morgan fingerprint density at radius 2 is 2.43 bits per heavy atom. The molecule has 0 bridgehead atoms. The highest BCUT2D eigenvalue weighted by Gasteiger charge is 2.30. The first-order valence-electron chi connectivity index (χ1n) is 5.10. The summed E-state index contributed by atoms with van der Waals surface area (Å²) in [6.45, 7) is 3.72. The van der Waals surface area contributed by atoms with Gasteiger partial charge in [-0.3, -0.25) is 0 Å². The maximum Gasteiger partial charge on any atom is 0.106 e. The van der Waals surface area contributed by atoms with Crippen LogP contribution in [0.25, 0.3) is 0 Å². The zero-order chi connectivity index (χ0) is 10.0. The Bertz CT molecular complexity index is 304. The summed E-state index contributed by atoms with van der Waals surface area (Å²) in [5.41, 5.74) is 7.01. The molecule has 3 N–H and O–H groups in total. The zero-order valence-corrected chi connectivity index (χ0v) is 9.36. The van der Waals surface area contributed by atoms with Crippen molar-refractivity contribution in [2.24, 2.45) is 5.73 Å². The summed E-state index contributed by atoms with van der Waals surface area (Å²) in [7, 11) is 0. The van der Waals surface area contributed by atoms with E-state index in [1.165, 1.54) is 19.3 Å². The third-order valence-electron chi connectivity index (χ3n) is 2.93. The van der Waals surface area contributed by atoms with E-state index >= 15 is 0 Å². The molecule has 1 aliphatic rings. The van der Waals surface area contributed by atoms with Gasteiger partial charge in [-0.1, -0.05) is 0 Å². The maximum atomic E-state index is 5.51. The van der Waals surface area contributed by atoms with Crippen LogP contribution in [0.4, 0.5) is 0 Å². The van der Waals surface area contributed by atoms with Gasteiger partial charge < -0.3 is 11.1 Å². The van der Waals surface area contributed by atoms with Crippen molar-refractivity contribution < 1.29 is 0 Å². The van der Waals surface area contributed by atoms with Crippen LogP contribution in [0.3, 0.4) is 0 Å². The number of hydrogen-bond donors (Lipinski definition) is 2. The fourth-order valence-corrected chi connectivity index (χ4v) is 2.39. The van der Waals surface area contributed by atoms with Crippen LogP contribution < -0.4 is 11.1 Å². The maximum absolute atomic E-state index is 5.51. The second-order valence-electron chi connectivity index (χ2n) is 4.20. The standard InChI is InChI=1S/C10H17N3S/c1-10(3-2-4-10)12-6-8-7-14-9(5-11)13-8/h7,12H,2-6,11H2,1H3. The van der Waals surface area contributed by atoms with Crippen LogP contribution in [0.15, 0.2) is 5.38 Å². The molecule has 14 heavy (non-hydrogen) atoms. The minimum atomic E-state index is 0.368. The van der Waals surface area contributed by atoms with E-state index in [0.29, 0.717) is 12.1 Å². The summed E-state index contributed by atoms with van der Waals surface area (Å²) < 4.78 is 0. The first-order valence-corrected chi connectivity index (χ1v) is 5.98. The van der Waals surface area contributed by atoms with Crippen molar-refractivity contribution in [2.75, 3.05) is 0 Å². The minimum absolute atomic E-state index is 0.368. The first-order chi connectivity index (χ1) is 6.72. The van der Waals surface area contributed by atoms with Crippen LogP contribution in [-0.2, 0) is 13.1 Å². The van der Waals surface area contributed by atoms with Crippen LogP contribution in [0, 0.1) is 0 Å². The van der Waals surface area contributed by atoms with Crippen LogP contribution in [0.5, 0.6) is 0 Å². The number of thiazole rings is 1. The van der Waals surface area contributed by atoms with E-state index in [1.807, 2.05) is 0 Å². The Labute approximate surface area is 88.7 Å². The zero-order valence-electron chi connectivity index (χ0n) is 8.55. The molecule has 3 nitrogen and oxygen atoms in total. The van der Waals surface area contributed by atoms with Crippen molar-refractivity contribution in [1.82, 2.24) is 10.3 Å². The molecule has 2 rings (SSSR count). The van der Waals surface area contributed by atoms with Crippen molar-refractivity contribution in [3.63, 3.8) is 0 Å². The van der Waals surface area contributed by atoms with Crippen LogP contribution in [0.1, 0.15) is 36.9 Å². The lowest BCUT2D eigenvalue weighted by molar-refractivity contribution is 0.206. The Morgan fingerprint density at radius 3 is 2.93 bits per heavy atom. The van der Waals surface area contributed by atoms with E-state index in [1.54, 1.807) is 11.3 Å². The summed E-state index contributed by atoms with van der Waals surface area (Å²) in [4.78, 5) is 4.42. The van der Waals surface area contributed by atoms with Gasteiger partial charge in [-0.25, -0.2) is 4.98 Å². The molecule has 0 atom stereocenters. The van der Waals surface area contributed by atoms with Crippen molar-refractivity contribution in [3.8, 4) is 0 Å². The highest BCUT2D eigenvalue weighted by molar-refractivity contribution is 7.09. The van der Waals surface area contributed by atoms with E-state index in [-0.39, 0.29) is 0 Å². The molecular formula is C10H17N3S. The fourth-order valence-electron chi connectivity index (χ4n) is 1.71. The molecule has 0 unspecified atom stereocenters. The lowest BCUT2D eigenvalue weighted by Crippen LogP contribution is -2.47. The third-order valence-corrected chi connectivity index (χ3v) is 3.85. The molecule has 0 spiro atoms. The normalized spacial score (nSPS) is 19.3. The van der Waals surface area contributed by atoms with Crippen LogP contribution >= 0.6 is 11.3 Å². The average Bonchev–Trinajstić information content (AvgIpc) is 2.59. The highest BCUT2D eigenvalue weighted by atomic mass is 32.1. The van der Waals surface area contributed by atoms with E-state index in [0.717, 1.165) is 17.2 Å². The Balaban J connectivity index is 1.85. The molecule has 0 radical (unpaired) electrons. The van der Waals surface area contributed by atoms with Gasteiger partial charge in [0.2, 0.25) is 0 Å². The fraction of sp³-hybridized carbons (Fsp3) is 0.700. The number of nitrogens with two attached hydrogens (primary N) is 1. The Morgan fingerprint density at radius 1 is 1.64 bits per heavy atom. The van der Waals surface area contributed by atoms with Gasteiger partial charge in [0.1, 0.15) is 5.01 Å². The Hall–Kier alpha value is -0.450. The molecule has 0 amide bonds. The Kier molecular flexibility index (Phi) is 2.85. The van der Waals surface area contributed by atoms with Crippen molar-refractivity contribution in [3.05, 3.63) is 16.1 Å². The average molecular weight is 211 g/mol. The van der Waals surface area contributed by atoms with Gasteiger partial charge >= 0.3 is 0 Å². The second kappa shape index (κ2) is 3.96. The van der Waals surface area contributed by atoms with Crippen molar-refractivity contribution >= 4 is 11.3 Å². The number of aromatic nitrogens is 1. The second-order valence-corrected chi connectivity index (χ2v) is 5.15. The topological polar surface area (TPSA) is 50.9 Å². The molecule has 1 saturated carbocycles. The predicted molar refractivity (Wildman–Crippen MR) is 59.1 cm³/mol. The van der Waals surface area contributed by atoms with E-state index < -0.39 is 0 Å². The van der Waals surface area contributed by atoms with Gasteiger partial charge in [-0.2, -0.15) is 0 Å². The van der Waals surface area contributed by atoms with E-state index in [4.69, 9.17) is 5.73 Å². The predicted octanol–water partition coefficient (Wildman–Crippen LogP) is 1.63. The van der Waals surface area contributed by atoms with E-state index in [2.05, 4.69) is 22.6 Å². The SMILES string of the molecule is CC1(NCc2csc(CN)n2)CCC1. The summed E-state index contributed by atoms with van der Waals surface area (Å²) in [5.74, 6) is 0. The monoisotopic (exact) mass is 211 g/mol. The van der Waals surface area contributed by atoms with Gasteiger partial charge in [0.25, 0.3) is 0 Å². The number of nitrogens with one attached hydrogen (secondary N) is 1. The molecule has 0 aliphatic heterocycles. The van der Waals surface area contributed by atoms with Crippen molar-refractivity contribution in [1.29, 1.82) is 0 Å². The van der Waals surface area contributed by atoms with E-state index in [9.17, 15) is 0 Å². The van der Waals surface area contributed by atoms with Gasteiger partial charge in [0, 0.05) is 24.0 Å². The molecule has 0 aromatic carbocycles. The van der Waals surface area contributed by atoms with Gasteiger partial charge in [-0.05, 0) is 26.2 Å². The third kappa shape index (κ3) is 2.13. The van der Waals surface area contributed by atoms with Crippen LogP contribution in [0.2, 0.25) is 0 Å². The van der Waals surface area contributed by atoms with Gasteiger partial charge in [0.15, 0.2) is 0 Å². The molecule has 1 fully saturated rings. The molecule has 1 heterocycles. The molecule has 0 saturated heterocycles. The van der Waals surface area contributed by atoms with Crippen LogP contribution in [-0.4, -0.2) is 10.5 Å². The lowest BCUT2D eigenvalue weighted by Gasteiger charge is -2.39. The molecule has 1 aromatic heterocycles. The summed E-state index contributed by atoms with van der Waals surface area (Å²) in [6, 6.07) is 0. The largest absolute Gasteiger partial charge is 0.325 e. The molecule has 1 aliphatic carbocycles. The molecule has 78 valence electrons. The minimum Gasteiger partial charge on any atom is -0.325 e. The summed E-state index contributed by atoms with van der Waals surface area (Å²) in [6.07, 6.45) is 3.94. The van der Waals surface area contributed by atoms with Crippen molar-refractivity contribution in [2.45, 2.75) is 44.8 Å².